The third-order valence-corrected chi connectivity index (χ3v) is 1.63. The Kier molecular flexibility index (Phi) is 3.28. The van der Waals surface area contributed by atoms with Crippen LogP contribution in [0.5, 0.6) is 6.01 Å². The van der Waals surface area contributed by atoms with Gasteiger partial charge in [0.1, 0.15) is 0 Å². The van der Waals surface area contributed by atoms with Crippen LogP contribution >= 0.6 is 0 Å². The molecule has 0 fully saturated rings. The van der Waals surface area contributed by atoms with Gasteiger partial charge in [0, 0.05) is 6.54 Å². The molecule has 0 radical (unpaired) electrons. The van der Waals surface area contributed by atoms with E-state index in [1.54, 1.807) is 19.5 Å². The first-order chi connectivity index (χ1) is 6.51. The fraction of sp³-hybridized carbons (Fsp3) is 0.600. The molecule has 0 saturated carbocycles. The Morgan fingerprint density at radius 2 is 1.86 bits per heavy atom. The fourth-order valence-corrected chi connectivity index (χ4v) is 0.880. The Labute approximate surface area is 84.7 Å². The molecule has 14 heavy (non-hydrogen) atoms. The van der Waals surface area contributed by atoms with Gasteiger partial charge in [-0.3, -0.25) is 0 Å². The number of ether oxygens (including phenoxy) is 1. The van der Waals surface area contributed by atoms with Gasteiger partial charge < -0.3 is 10.1 Å². The largest absolute Gasteiger partial charge is 0.467 e. The fourth-order valence-electron chi connectivity index (χ4n) is 0.880. The maximum absolute atomic E-state index is 4.86. The number of aromatic nitrogens is 2. The zero-order valence-electron chi connectivity index (χ0n) is 9.16. The van der Waals surface area contributed by atoms with Gasteiger partial charge in [-0.05, 0) is 5.41 Å². The molecule has 0 bridgehead atoms. The van der Waals surface area contributed by atoms with E-state index in [1.807, 2.05) is 0 Å². The van der Waals surface area contributed by atoms with Crippen LogP contribution in [0.1, 0.15) is 20.8 Å². The van der Waals surface area contributed by atoms with E-state index in [0.29, 0.717) is 6.01 Å². The predicted octanol–water partition coefficient (Wildman–Crippen LogP) is 1.94. The summed E-state index contributed by atoms with van der Waals surface area (Å²) in [6.07, 6.45) is 3.44. The molecule has 0 aliphatic rings. The minimum atomic E-state index is 0.250. The van der Waals surface area contributed by atoms with E-state index >= 15 is 0 Å². The number of nitrogens with zero attached hydrogens (tertiary/aromatic N) is 2. The number of rotatable bonds is 3. The molecule has 0 aliphatic carbocycles. The lowest BCUT2D eigenvalue weighted by Gasteiger charge is -2.19. The molecule has 1 heterocycles. The molecule has 1 N–H and O–H groups in total. The van der Waals surface area contributed by atoms with Crippen LogP contribution in [0, 0.1) is 5.41 Å². The number of anilines is 1. The van der Waals surface area contributed by atoms with Crippen molar-refractivity contribution in [1.82, 2.24) is 9.97 Å². The molecular formula is C10H17N3O. The van der Waals surface area contributed by atoms with Gasteiger partial charge >= 0.3 is 6.01 Å². The van der Waals surface area contributed by atoms with Crippen molar-refractivity contribution in [2.24, 2.45) is 5.41 Å². The van der Waals surface area contributed by atoms with Crippen LogP contribution in [0.2, 0.25) is 0 Å². The van der Waals surface area contributed by atoms with E-state index in [2.05, 4.69) is 36.1 Å². The summed E-state index contributed by atoms with van der Waals surface area (Å²) in [5.41, 5.74) is 1.17. The Bertz CT molecular complexity index is 276. The first-order valence-electron chi connectivity index (χ1n) is 4.61. The first-order valence-corrected chi connectivity index (χ1v) is 4.61. The van der Waals surface area contributed by atoms with Gasteiger partial charge in [-0.15, -0.1) is 0 Å². The van der Waals surface area contributed by atoms with Crippen molar-refractivity contribution in [2.75, 3.05) is 19.0 Å². The van der Waals surface area contributed by atoms with Crippen molar-refractivity contribution >= 4 is 5.69 Å². The molecule has 0 unspecified atom stereocenters. The van der Waals surface area contributed by atoms with Gasteiger partial charge in [-0.2, -0.15) is 0 Å². The van der Waals surface area contributed by atoms with Gasteiger partial charge in [0.2, 0.25) is 0 Å². The zero-order chi connectivity index (χ0) is 10.6. The minimum absolute atomic E-state index is 0.250. The van der Waals surface area contributed by atoms with Crippen LogP contribution in [0.3, 0.4) is 0 Å². The van der Waals surface area contributed by atoms with Crippen molar-refractivity contribution in [3.63, 3.8) is 0 Å². The third kappa shape index (κ3) is 3.60. The predicted molar refractivity (Wildman–Crippen MR) is 56.5 cm³/mol. The standard InChI is InChI=1S/C10H17N3O/c1-10(2,3)7-13-8-5-11-9(14-4)12-6-8/h5-6,13H,7H2,1-4H3. The molecule has 0 atom stereocenters. The summed E-state index contributed by atoms with van der Waals surface area (Å²) in [6, 6.07) is 0.395. The molecular weight excluding hydrogens is 178 g/mol. The van der Waals surface area contributed by atoms with E-state index in [0.717, 1.165) is 12.2 Å². The van der Waals surface area contributed by atoms with Crippen molar-refractivity contribution in [2.45, 2.75) is 20.8 Å². The molecule has 1 aromatic rings. The number of hydrogen-bond donors (Lipinski definition) is 1. The first kappa shape index (κ1) is 10.8. The Hall–Kier alpha value is -1.32. The van der Waals surface area contributed by atoms with E-state index in [9.17, 15) is 0 Å². The van der Waals surface area contributed by atoms with Gasteiger partial charge in [0.05, 0.1) is 25.2 Å². The molecule has 0 saturated heterocycles. The van der Waals surface area contributed by atoms with Crippen molar-refractivity contribution in [3.05, 3.63) is 12.4 Å². The average molecular weight is 195 g/mol. The lowest BCUT2D eigenvalue weighted by atomic mass is 9.97. The molecule has 1 rings (SSSR count). The van der Waals surface area contributed by atoms with E-state index < -0.39 is 0 Å². The second-order valence-corrected chi connectivity index (χ2v) is 4.37. The monoisotopic (exact) mass is 195 g/mol. The molecule has 4 nitrogen and oxygen atoms in total. The van der Waals surface area contributed by atoms with E-state index in [1.165, 1.54) is 0 Å². The van der Waals surface area contributed by atoms with Crippen LogP contribution in [0.25, 0.3) is 0 Å². The number of nitrogens with one attached hydrogen (secondary N) is 1. The van der Waals surface area contributed by atoms with Crippen molar-refractivity contribution in [3.8, 4) is 6.01 Å². The Balaban J connectivity index is 2.52. The highest BCUT2D eigenvalue weighted by Gasteiger charge is 2.09. The summed E-state index contributed by atoms with van der Waals surface area (Å²) in [6.45, 7) is 7.40. The van der Waals surface area contributed by atoms with Gasteiger partial charge in [0.15, 0.2) is 0 Å². The van der Waals surface area contributed by atoms with Crippen molar-refractivity contribution < 1.29 is 4.74 Å². The van der Waals surface area contributed by atoms with Crippen molar-refractivity contribution in [1.29, 1.82) is 0 Å². The zero-order valence-corrected chi connectivity index (χ0v) is 9.16. The summed E-state index contributed by atoms with van der Waals surface area (Å²) in [7, 11) is 1.55. The van der Waals surface area contributed by atoms with Crippen LogP contribution in [0.4, 0.5) is 5.69 Å². The van der Waals surface area contributed by atoms with Crippen LogP contribution in [-0.2, 0) is 0 Å². The summed E-state index contributed by atoms with van der Waals surface area (Å²) in [4.78, 5) is 8.00. The number of hydrogen-bond acceptors (Lipinski definition) is 4. The highest BCUT2D eigenvalue weighted by Crippen LogP contribution is 2.14. The smallest absolute Gasteiger partial charge is 0.316 e. The molecule has 0 aliphatic heterocycles. The van der Waals surface area contributed by atoms with Crippen LogP contribution in [-0.4, -0.2) is 23.6 Å². The maximum Gasteiger partial charge on any atom is 0.316 e. The molecule has 78 valence electrons. The second-order valence-electron chi connectivity index (χ2n) is 4.37. The summed E-state index contributed by atoms with van der Waals surface area (Å²) in [5, 5.41) is 3.26. The molecule has 1 aromatic heterocycles. The van der Waals surface area contributed by atoms with E-state index in [4.69, 9.17) is 4.74 Å². The summed E-state index contributed by atoms with van der Waals surface area (Å²) in [5.74, 6) is 0. The summed E-state index contributed by atoms with van der Waals surface area (Å²) < 4.78 is 4.86. The quantitative estimate of drug-likeness (QED) is 0.800. The minimum Gasteiger partial charge on any atom is -0.467 e. The van der Waals surface area contributed by atoms with Gasteiger partial charge in [-0.1, -0.05) is 20.8 Å². The van der Waals surface area contributed by atoms with E-state index in [-0.39, 0.29) is 5.41 Å². The van der Waals surface area contributed by atoms with Gasteiger partial charge in [0.25, 0.3) is 0 Å². The molecule has 0 aromatic carbocycles. The lowest BCUT2D eigenvalue weighted by molar-refractivity contribution is 0.380. The average Bonchev–Trinajstić information content (AvgIpc) is 2.14. The van der Waals surface area contributed by atoms with Gasteiger partial charge in [-0.25, -0.2) is 9.97 Å². The maximum atomic E-state index is 4.86. The molecule has 4 heteroatoms. The highest BCUT2D eigenvalue weighted by atomic mass is 16.5. The Morgan fingerprint density at radius 1 is 1.29 bits per heavy atom. The molecule has 0 spiro atoms. The van der Waals surface area contributed by atoms with Crippen LogP contribution in [0.15, 0.2) is 12.4 Å². The topological polar surface area (TPSA) is 47.0 Å². The molecule has 0 amide bonds. The normalized spacial score (nSPS) is 11.1. The highest BCUT2D eigenvalue weighted by molar-refractivity contribution is 5.38. The second kappa shape index (κ2) is 4.26. The lowest BCUT2D eigenvalue weighted by Crippen LogP contribution is -2.19. The Morgan fingerprint density at radius 3 is 2.29 bits per heavy atom. The summed E-state index contributed by atoms with van der Waals surface area (Å²) >= 11 is 0. The SMILES string of the molecule is COc1ncc(NCC(C)(C)C)cn1. The number of methoxy groups -OCH3 is 1. The third-order valence-electron chi connectivity index (χ3n) is 1.63. The van der Waals surface area contributed by atoms with Crippen LogP contribution < -0.4 is 10.1 Å².